The van der Waals surface area contributed by atoms with Crippen molar-refractivity contribution in [1.29, 1.82) is 0 Å². The Bertz CT molecular complexity index is 523. The molecule has 0 atom stereocenters. The molecule has 0 aliphatic heterocycles. The van der Waals surface area contributed by atoms with E-state index < -0.39 is 0 Å². The molecular formula is C13H13ClFN. The van der Waals surface area contributed by atoms with Crippen molar-refractivity contribution in [2.45, 2.75) is 25.6 Å². The fourth-order valence-electron chi connectivity index (χ4n) is 1.70. The zero-order valence-electron chi connectivity index (χ0n) is 9.30. The maximum absolute atomic E-state index is 13.1. The van der Waals surface area contributed by atoms with Gasteiger partial charge in [0.05, 0.1) is 5.52 Å². The second-order valence-corrected chi connectivity index (χ2v) is 4.42. The van der Waals surface area contributed by atoms with Crippen molar-refractivity contribution in [3.8, 4) is 0 Å². The van der Waals surface area contributed by atoms with E-state index in [0.717, 1.165) is 22.2 Å². The monoisotopic (exact) mass is 237 g/mol. The second kappa shape index (κ2) is 4.38. The highest BCUT2D eigenvalue weighted by atomic mass is 35.5. The molecule has 0 saturated heterocycles. The number of hydrogen-bond acceptors (Lipinski definition) is 1. The minimum Gasteiger partial charge on any atom is -0.253 e. The SMILES string of the molecule is CC(C)c1cc(CCl)c2cc(F)ccc2n1. The third kappa shape index (κ3) is 2.03. The third-order valence-corrected chi connectivity index (χ3v) is 2.90. The number of alkyl halides is 1. The summed E-state index contributed by atoms with van der Waals surface area (Å²) in [6.07, 6.45) is 0. The fourth-order valence-corrected chi connectivity index (χ4v) is 1.92. The molecule has 3 heteroatoms. The van der Waals surface area contributed by atoms with Crippen LogP contribution in [0.3, 0.4) is 0 Å². The molecule has 0 spiro atoms. The lowest BCUT2D eigenvalue weighted by Crippen LogP contribution is -1.96. The maximum atomic E-state index is 13.1. The van der Waals surface area contributed by atoms with Crippen LogP contribution in [0.2, 0.25) is 0 Å². The molecule has 0 fully saturated rings. The summed E-state index contributed by atoms with van der Waals surface area (Å²) >= 11 is 5.88. The van der Waals surface area contributed by atoms with Gasteiger partial charge in [-0.2, -0.15) is 0 Å². The minimum atomic E-state index is -0.252. The van der Waals surface area contributed by atoms with E-state index in [1.807, 2.05) is 6.07 Å². The molecule has 1 aromatic heterocycles. The number of aromatic nitrogens is 1. The number of rotatable bonds is 2. The number of nitrogens with zero attached hydrogens (tertiary/aromatic N) is 1. The van der Waals surface area contributed by atoms with Gasteiger partial charge in [-0.05, 0) is 35.7 Å². The van der Waals surface area contributed by atoms with Crippen LogP contribution < -0.4 is 0 Å². The van der Waals surface area contributed by atoms with Crippen molar-refractivity contribution in [2.75, 3.05) is 0 Å². The van der Waals surface area contributed by atoms with Crippen molar-refractivity contribution >= 4 is 22.5 Å². The molecule has 84 valence electrons. The first kappa shape index (κ1) is 11.3. The van der Waals surface area contributed by atoms with Crippen molar-refractivity contribution in [3.63, 3.8) is 0 Å². The van der Waals surface area contributed by atoms with Crippen LogP contribution in [0.5, 0.6) is 0 Å². The Balaban J connectivity index is 2.73. The Hall–Kier alpha value is -1.15. The number of benzene rings is 1. The maximum Gasteiger partial charge on any atom is 0.123 e. The van der Waals surface area contributed by atoms with Crippen LogP contribution in [0.1, 0.15) is 31.0 Å². The van der Waals surface area contributed by atoms with Crippen molar-refractivity contribution in [2.24, 2.45) is 0 Å². The van der Waals surface area contributed by atoms with Crippen LogP contribution in [0.4, 0.5) is 4.39 Å². The highest BCUT2D eigenvalue weighted by molar-refractivity contribution is 6.18. The van der Waals surface area contributed by atoms with Gasteiger partial charge in [0.15, 0.2) is 0 Å². The second-order valence-electron chi connectivity index (χ2n) is 4.16. The van der Waals surface area contributed by atoms with E-state index in [2.05, 4.69) is 18.8 Å². The van der Waals surface area contributed by atoms with E-state index >= 15 is 0 Å². The largest absolute Gasteiger partial charge is 0.253 e. The molecule has 0 unspecified atom stereocenters. The molecule has 0 amide bonds. The van der Waals surface area contributed by atoms with Gasteiger partial charge in [0.25, 0.3) is 0 Å². The summed E-state index contributed by atoms with van der Waals surface area (Å²) in [5.41, 5.74) is 2.74. The van der Waals surface area contributed by atoms with Gasteiger partial charge in [-0.25, -0.2) is 4.39 Å². The summed E-state index contributed by atoms with van der Waals surface area (Å²) in [5.74, 6) is 0.469. The highest BCUT2D eigenvalue weighted by Crippen LogP contribution is 2.24. The average Bonchev–Trinajstić information content (AvgIpc) is 2.27. The molecule has 1 heterocycles. The fraction of sp³-hybridized carbons (Fsp3) is 0.308. The summed E-state index contributed by atoms with van der Waals surface area (Å²) in [6.45, 7) is 4.16. The van der Waals surface area contributed by atoms with Crippen LogP contribution in [0.25, 0.3) is 10.9 Å². The van der Waals surface area contributed by atoms with E-state index in [1.165, 1.54) is 12.1 Å². The predicted molar refractivity (Wildman–Crippen MR) is 65.3 cm³/mol. The number of pyridine rings is 1. The molecule has 16 heavy (non-hydrogen) atoms. The summed E-state index contributed by atoms with van der Waals surface area (Å²) < 4.78 is 13.1. The van der Waals surface area contributed by atoms with E-state index in [-0.39, 0.29) is 5.82 Å². The van der Waals surface area contributed by atoms with Crippen LogP contribution >= 0.6 is 11.6 Å². The Morgan fingerprint density at radius 3 is 2.69 bits per heavy atom. The number of halogens is 2. The zero-order valence-corrected chi connectivity index (χ0v) is 10.1. The van der Waals surface area contributed by atoms with E-state index in [4.69, 9.17) is 11.6 Å². The standard InChI is InChI=1S/C13H13ClFN/c1-8(2)13-5-9(7-14)11-6-10(15)3-4-12(11)16-13/h3-6,8H,7H2,1-2H3. The Morgan fingerprint density at radius 2 is 2.06 bits per heavy atom. The van der Waals surface area contributed by atoms with Gasteiger partial charge in [0, 0.05) is 17.0 Å². The van der Waals surface area contributed by atoms with Gasteiger partial charge in [0.2, 0.25) is 0 Å². The minimum absolute atomic E-state index is 0.252. The molecule has 0 radical (unpaired) electrons. The zero-order chi connectivity index (χ0) is 11.7. The molecule has 0 bridgehead atoms. The molecular weight excluding hydrogens is 225 g/mol. The lowest BCUT2D eigenvalue weighted by Gasteiger charge is -2.09. The van der Waals surface area contributed by atoms with Crippen molar-refractivity contribution < 1.29 is 4.39 Å². The first-order chi connectivity index (χ1) is 7.61. The van der Waals surface area contributed by atoms with Crippen LogP contribution in [-0.4, -0.2) is 4.98 Å². The molecule has 1 nitrogen and oxygen atoms in total. The average molecular weight is 238 g/mol. The van der Waals surface area contributed by atoms with Gasteiger partial charge in [-0.15, -0.1) is 11.6 Å². The summed E-state index contributed by atoms with van der Waals surface area (Å²) in [5, 5.41) is 0.805. The summed E-state index contributed by atoms with van der Waals surface area (Å²) in [7, 11) is 0. The van der Waals surface area contributed by atoms with Crippen LogP contribution in [0.15, 0.2) is 24.3 Å². The molecule has 0 aliphatic carbocycles. The molecule has 1 aromatic carbocycles. The predicted octanol–water partition coefficient (Wildman–Crippen LogP) is 4.24. The van der Waals surface area contributed by atoms with Crippen molar-refractivity contribution in [1.82, 2.24) is 4.98 Å². The van der Waals surface area contributed by atoms with E-state index in [9.17, 15) is 4.39 Å². The molecule has 0 aliphatic rings. The van der Waals surface area contributed by atoms with E-state index in [0.29, 0.717) is 11.8 Å². The highest BCUT2D eigenvalue weighted by Gasteiger charge is 2.08. The van der Waals surface area contributed by atoms with Gasteiger partial charge in [-0.3, -0.25) is 4.98 Å². The normalized spacial score (nSPS) is 11.3. The van der Waals surface area contributed by atoms with Gasteiger partial charge >= 0.3 is 0 Å². The Kier molecular flexibility index (Phi) is 3.10. The lowest BCUT2D eigenvalue weighted by atomic mass is 10.0. The number of hydrogen-bond donors (Lipinski definition) is 0. The first-order valence-corrected chi connectivity index (χ1v) is 5.80. The van der Waals surface area contributed by atoms with E-state index in [1.54, 1.807) is 6.07 Å². The Labute approximate surface area is 99.3 Å². The number of fused-ring (bicyclic) bond motifs is 1. The summed E-state index contributed by atoms with van der Waals surface area (Å²) in [4.78, 5) is 4.50. The van der Waals surface area contributed by atoms with Crippen LogP contribution in [0, 0.1) is 5.82 Å². The van der Waals surface area contributed by atoms with Gasteiger partial charge in [0.1, 0.15) is 5.82 Å². The third-order valence-electron chi connectivity index (χ3n) is 2.61. The molecule has 2 aromatic rings. The molecule has 2 rings (SSSR count). The lowest BCUT2D eigenvalue weighted by molar-refractivity contribution is 0.629. The van der Waals surface area contributed by atoms with Crippen molar-refractivity contribution in [3.05, 3.63) is 41.3 Å². The van der Waals surface area contributed by atoms with Gasteiger partial charge in [-0.1, -0.05) is 13.8 Å². The summed E-state index contributed by atoms with van der Waals surface area (Å²) in [6, 6.07) is 6.58. The van der Waals surface area contributed by atoms with Gasteiger partial charge < -0.3 is 0 Å². The Morgan fingerprint density at radius 1 is 1.31 bits per heavy atom. The topological polar surface area (TPSA) is 12.9 Å². The molecule has 0 saturated carbocycles. The van der Waals surface area contributed by atoms with Crippen LogP contribution in [-0.2, 0) is 5.88 Å². The first-order valence-electron chi connectivity index (χ1n) is 5.27. The quantitative estimate of drug-likeness (QED) is 0.712. The molecule has 0 N–H and O–H groups in total. The smallest absolute Gasteiger partial charge is 0.123 e.